The second-order valence-corrected chi connectivity index (χ2v) is 4.85. The number of nitrogens with one attached hydrogen (secondary N) is 1. The Hall–Kier alpha value is -1.90. The molecule has 1 rings (SSSR count). The summed E-state index contributed by atoms with van der Waals surface area (Å²) in [5.74, 6) is 4.34. The molecule has 0 aliphatic carbocycles. The first kappa shape index (κ1) is 16.2. The van der Waals surface area contributed by atoms with Gasteiger partial charge in [-0.1, -0.05) is 11.8 Å². The lowest BCUT2D eigenvalue weighted by Gasteiger charge is -2.23. The lowest BCUT2D eigenvalue weighted by atomic mass is 10.1. The van der Waals surface area contributed by atoms with Crippen molar-refractivity contribution in [3.05, 3.63) is 35.1 Å². The van der Waals surface area contributed by atoms with E-state index >= 15 is 0 Å². The molecule has 0 saturated heterocycles. The van der Waals surface area contributed by atoms with Crippen LogP contribution in [0.3, 0.4) is 0 Å². The molecule has 3 N–H and O–H groups in total. The van der Waals surface area contributed by atoms with Gasteiger partial charge >= 0.3 is 0 Å². The standard InChI is InChI=1S/C15H19FN2O2/c1-15(2,20-3)10-18-14(19)12-9-11(5-4-8-17)6-7-13(12)16/h6-7,9H,8,10,17H2,1-3H3,(H,18,19). The van der Waals surface area contributed by atoms with Crippen molar-refractivity contribution in [2.24, 2.45) is 5.73 Å². The summed E-state index contributed by atoms with van der Waals surface area (Å²) in [7, 11) is 1.55. The Labute approximate surface area is 118 Å². The first-order valence-corrected chi connectivity index (χ1v) is 6.21. The first-order valence-electron chi connectivity index (χ1n) is 6.21. The number of ether oxygens (including phenoxy) is 1. The molecule has 0 radical (unpaired) electrons. The van der Waals surface area contributed by atoms with Gasteiger partial charge in [-0.3, -0.25) is 4.79 Å². The Morgan fingerprint density at radius 2 is 2.20 bits per heavy atom. The summed E-state index contributed by atoms with van der Waals surface area (Å²) >= 11 is 0. The average molecular weight is 278 g/mol. The van der Waals surface area contributed by atoms with E-state index in [0.29, 0.717) is 5.56 Å². The lowest BCUT2D eigenvalue weighted by Crippen LogP contribution is -2.40. The summed E-state index contributed by atoms with van der Waals surface area (Å²) in [6.45, 7) is 4.14. The molecule has 0 spiro atoms. The maximum atomic E-state index is 13.7. The fourth-order valence-electron chi connectivity index (χ4n) is 1.39. The van der Waals surface area contributed by atoms with Gasteiger partial charge < -0.3 is 15.8 Å². The SMILES string of the molecule is COC(C)(C)CNC(=O)c1cc(C#CCN)ccc1F. The van der Waals surface area contributed by atoms with Gasteiger partial charge in [0.2, 0.25) is 0 Å². The topological polar surface area (TPSA) is 64.3 Å². The monoisotopic (exact) mass is 278 g/mol. The molecule has 0 atom stereocenters. The Balaban J connectivity index is 2.87. The fourth-order valence-corrected chi connectivity index (χ4v) is 1.39. The van der Waals surface area contributed by atoms with Crippen LogP contribution in [0.15, 0.2) is 18.2 Å². The number of carbonyl (C=O) groups is 1. The molecule has 5 heteroatoms. The van der Waals surface area contributed by atoms with Crippen LogP contribution in [0.2, 0.25) is 0 Å². The molecule has 108 valence electrons. The van der Waals surface area contributed by atoms with Gasteiger partial charge in [-0.25, -0.2) is 4.39 Å². The molecule has 0 saturated carbocycles. The average Bonchev–Trinajstić information content (AvgIpc) is 2.44. The van der Waals surface area contributed by atoms with Gasteiger partial charge in [0.15, 0.2) is 0 Å². The van der Waals surface area contributed by atoms with Crippen LogP contribution in [0.1, 0.15) is 29.8 Å². The highest BCUT2D eigenvalue weighted by Gasteiger charge is 2.19. The zero-order chi connectivity index (χ0) is 15.2. The first-order chi connectivity index (χ1) is 9.39. The van der Waals surface area contributed by atoms with E-state index in [0.717, 1.165) is 0 Å². The normalized spacial score (nSPS) is 10.7. The number of methoxy groups -OCH3 is 1. The van der Waals surface area contributed by atoms with E-state index in [1.165, 1.54) is 18.2 Å². The maximum absolute atomic E-state index is 13.7. The fraction of sp³-hybridized carbons (Fsp3) is 0.400. The molecule has 0 heterocycles. The van der Waals surface area contributed by atoms with Crippen molar-refractivity contribution in [1.82, 2.24) is 5.32 Å². The van der Waals surface area contributed by atoms with Crippen LogP contribution < -0.4 is 11.1 Å². The van der Waals surface area contributed by atoms with Gasteiger partial charge in [-0.15, -0.1) is 0 Å². The van der Waals surface area contributed by atoms with E-state index in [-0.39, 0.29) is 18.7 Å². The van der Waals surface area contributed by atoms with Crippen molar-refractivity contribution < 1.29 is 13.9 Å². The molecule has 0 aliphatic heterocycles. The molecule has 1 aromatic rings. The molecule has 0 bridgehead atoms. The number of nitrogens with two attached hydrogens (primary N) is 1. The Bertz CT molecular complexity index is 545. The highest BCUT2D eigenvalue weighted by atomic mass is 19.1. The van der Waals surface area contributed by atoms with Gasteiger partial charge in [0.1, 0.15) is 5.82 Å². The van der Waals surface area contributed by atoms with Gasteiger partial charge in [0.25, 0.3) is 5.91 Å². The van der Waals surface area contributed by atoms with Crippen molar-refractivity contribution in [3.8, 4) is 11.8 Å². The van der Waals surface area contributed by atoms with Gasteiger partial charge in [-0.05, 0) is 32.0 Å². The highest BCUT2D eigenvalue weighted by molar-refractivity contribution is 5.94. The van der Waals surface area contributed by atoms with Crippen LogP contribution in [0.5, 0.6) is 0 Å². The molecular formula is C15H19FN2O2. The van der Waals surface area contributed by atoms with Gasteiger partial charge in [0.05, 0.1) is 17.7 Å². The largest absolute Gasteiger partial charge is 0.377 e. The molecule has 4 nitrogen and oxygen atoms in total. The van der Waals surface area contributed by atoms with Crippen molar-refractivity contribution in [1.29, 1.82) is 0 Å². The minimum Gasteiger partial charge on any atom is -0.377 e. The molecular weight excluding hydrogens is 259 g/mol. The number of amides is 1. The van der Waals surface area contributed by atoms with Crippen LogP contribution in [0.25, 0.3) is 0 Å². The van der Waals surface area contributed by atoms with Gasteiger partial charge in [0, 0.05) is 19.2 Å². The van der Waals surface area contributed by atoms with Crippen molar-refractivity contribution in [2.45, 2.75) is 19.4 Å². The summed E-state index contributed by atoms with van der Waals surface area (Å²) in [4.78, 5) is 12.0. The third kappa shape index (κ3) is 4.65. The predicted molar refractivity (Wildman–Crippen MR) is 75.8 cm³/mol. The van der Waals surface area contributed by atoms with E-state index in [2.05, 4.69) is 17.2 Å². The van der Waals surface area contributed by atoms with E-state index < -0.39 is 17.3 Å². The summed E-state index contributed by atoms with van der Waals surface area (Å²) < 4.78 is 18.9. The molecule has 0 aromatic heterocycles. The summed E-state index contributed by atoms with van der Waals surface area (Å²) in [5.41, 5.74) is 5.27. The van der Waals surface area contributed by atoms with Crippen LogP contribution >= 0.6 is 0 Å². The van der Waals surface area contributed by atoms with Crippen molar-refractivity contribution in [2.75, 3.05) is 20.2 Å². The zero-order valence-electron chi connectivity index (χ0n) is 11.9. The Kier molecular flexibility index (Phi) is 5.68. The predicted octanol–water partition coefficient (Wildman–Crippen LogP) is 1.29. The number of hydrogen-bond acceptors (Lipinski definition) is 3. The van der Waals surface area contributed by atoms with Gasteiger partial charge in [-0.2, -0.15) is 0 Å². The summed E-state index contributed by atoms with van der Waals surface area (Å²) in [6.07, 6.45) is 0. The molecule has 1 aromatic carbocycles. The third-order valence-corrected chi connectivity index (χ3v) is 2.77. The van der Waals surface area contributed by atoms with Crippen LogP contribution in [0, 0.1) is 17.7 Å². The van der Waals surface area contributed by atoms with Crippen LogP contribution in [0.4, 0.5) is 4.39 Å². The molecule has 1 amide bonds. The quantitative estimate of drug-likeness (QED) is 0.816. The minimum absolute atomic E-state index is 0.0410. The number of carbonyl (C=O) groups excluding carboxylic acids is 1. The van der Waals surface area contributed by atoms with Crippen LogP contribution in [-0.4, -0.2) is 31.7 Å². The van der Waals surface area contributed by atoms with E-state index in [1.807, 2.05) is 13.8 Å². The lowest BCUT2D eigenvalue weighted by molar-refractivity contribution is 0.0228. The van der Waals surface area contributed by atoms with E-state index in [4.69, 9.17) is 10.5 Å². The van der Waals surface area contributed by atoms with E-state index in [1.54, 1.807) is 7.11 Å². The second-order valence-electron chi connectivity index (χ2n) is 4.85. The molecule has 0 unspecified atom stereocenters. The molecule has 20 heavy (non-hydrogen) atoms. The highest BCUT2D eigenvalue weighted by Crippen LogP contribution is 2.11. The number of benzene rings is 1. The Morgan fingerprint density at radius 1 is 1.50 bits per heavy atom. The summed E-state index contributed by atoms with van der Waals surface area (Å²) in [5, 5.41) is 2.64. The smallest absolute Gasteiger partial charge is 0.254 e. The summed E-state index contributed by atoms with van der Waals surface area (Å²) in [6, 6.07) is 4.14. The molecule has 0 aliphatic rings. The van der Waals surface area contributed by atoms with Crippen LogP contribution in [-0.2, 0) is 4.74 Å². The zero-order valence-corrected chi connectivity index (χ0v) is 11.9. The minimum atomic E-state index is -0.587. The maximum Gasteiger partial charge on any atom is 0.254 e. The number of halogens is 1. The van der Waals surface area contributed by atoms with E-state index in [9.17, 15) is 9.18 Å². The third-order valence-electron chi connectivity index (χ3n) is 2.77. The van der Waals surface area contributed by atoms with Crippen molar-refractivity contribution in [3.63, 3.8) is 0 Å². The number of rotatable bonds is 4. The molecule has 0 fully saturated rings. The Morgan fingerprint density at radius 3 is 2.80 bits per heavy atom. The van der Waals surface area contributed by atoms with Crippen molar-refractivity contribution >= 4 is 5.91 Å². The second kappa shape index (κ2) is 7.04. The number of hydrogen-bond donors (Lipinski definition) is 2.